The van der Waals surface area contributed by atoms with E-state index in [9.17, 15) is 27.8 Å². The van der Waals surface area contributed by atoms with Gasteiger partial charge in [0.05, 0.1) is 29.7 Å². The molecule has 0 aliphatic rings. The number of carboxylic acids is 1. The first-order chi connectivity index (χ1) is 14.9. The van der Waals surface area contributed by atoms with Crippen LogP contribution in [0.25, 0.3) is 17.3 Å². The van der Waals surface area contributed by atoms with Crippen molar-refractivity contribution in [2.75, 3.05) is 17.6 Å². The maximum atomic E-state index is 13.5. The van der Waals surface area contributed by atoms with Crippen LogP contribution in [0.1, 0.15) is 37.4 Å². The van der Waals surface area contributed by atoms with Crippen LogP contribution in [0.2, 0.25) is 0 Å². The number of aliphatic hydroxyl groups is 1. The molecule has 0 spiro atoms. The maximum Gasteiger partial charge on any atom is 1.00 e. The summed E-state index contributed by atoms with van der Waals surface area (Å²) in [6.07, 6.45) is 5.24. The molecule has 0 unspecified atom stereocenters. The fraction of sp³-hybridized carbons (Fsp3) is 0.318. The van der Waals surface area contributed by atoms with Crippen LogP contribution in [-0.4, -0.2) is 48.9 Å². The van der Waals surface area contributed by atoms with E-state index >= 15 is 0 Å². The van der Waals surface area contributed by atoms with Gasteiger partial charge < -0.3 is 15.0 Å². The summed E-state index contributed by atoms with van der Waals surface area (Å²) in [5.41, 5.74) is 1.95. The molecule has 0 saturated heterocycles. The van der Waals surface area contributed by atoms with E-state index in [4.69, 9.17) is 0 Å². The van der Waals surface area contributed by atoms with Crippen molar-refractivity contribution in [3.05, 3.63) is 59.6 Å². The number of rotatable bonds is 9. The van der Waals surface area contributed by atoms with Crippen LogP contribution < -0.4 is 39.0 Å². The topological polar surface area (TPSA) is 124 Å². The fourth-order valence-electron chi connectivity index (χ4n) is 2.79. The van der Waals surface area contributed by atoms with E-state index in [1.165, 1.54) is 43.5 Å². The van der Waals surface area contributed by atoms with Gasteiger partial charge in [-0.2, -0.15) is 0 Å². The van der Waals surface area contributed by atoms with E-state index in [0.29, 0.717) is 22.5 Å². The zero-order valence-electron chi connectivity index (χ0n) is 19.2. The summed E-state index contributed by atoms with van der Waals surface area (Å²) in [5, 5.41) is 20.6. The Kier molecular flexibility index (Phi) is 10.9. The second kappa shape index (κ2) is 12.4. The van der Waals surface area contributed by atoms with Crippen LogP contribution in [0.5, 0.6) is 0 Å². The fourth-order valence-corrected chi connectivity index (χ4v) is 3.16. The minimum Gasteiger partial charge on any atom is -0.545 e. The third-order valence-corrected chi connectivity index (χ3v) is 5.68. The number of aliphatic carboxylic acids is 1. The molecular weight excluding hydrogens is 460 g/mol. The molecule has 11 heteroatoms. The van der Waals surface area contributed by atoms with Crippen molar-refractivity contribution in [3.8, 4) is 11.3 Å². The normalized spacial score (nSPS) is 12.8. The third-order valence-electron chi connectivity index (χ3n) is 4.52. The van der Waals surface area contributed by atoms with Crippen LogP contribution in [0.15, 0.2) is 42.5 Å². The second-order valence-electron chi connectivity index (χ2n) is 7.45. The van der Waals surface area contributed by atoms with Gasteiger partial charge in [-0.3, -0.25) is 0 Å². The van der Waals surface area contributed by atoms with Gasteiger partial charge in [0.1, 0.15) is 5.82 Å². The Morgan fingerprint density at radius 2 is 1.85 bits per heavy atom. The number of benzene rings is 1. The second-order valence-corrected chi connectivity index (χ2v) is 9.46. The third kappa shape index (κ3) is 8.31. The van der Waals surface area contributed by atoms with Crippen molar-refractivity contribution in [2.45, 2.75) is 32.3 Å². The molecule has 1 aromatic carbocycles. The molecule has 0 amide bonds. The van der Waals surface area contributed by atoms with E-state index in [0.717, 1.165) is 16.6 Å². The summed E-state index contributed by atoms with van der Waals surface area (Å²) in [6, 6.07) is 5.56. The molecule has 172 valence electrons. The summed E-state index contributed by atoms with van der Waals surface area (Å²) in [4.78, 5) is 19.3. The van der Waals surface area contributed by atoms with Crippen molar-refractivity contribution in [2.24, 2.45) is 0 Å². The Morgan fingerprint density at radius 3 is 2.36 bits per heavy atom. The molecule has 0 radical (unpaired) electrons. The molecule has 0 bridgehead atoms. The Bertz CT molecular complexity index is 1140. The van der Waals surface area contributed by atoms with Crippen LogP contribution in [0.4, 0.5) is 10.3 Å². The van der Waals surface area contributed by atoms with Gasteiger partial charge >= 0.3 is 29.6 Å². The van der Waals surface area contributed by atoms with Crippen LogP contribution in [0.3, 0.4) is 0 Å². The van der Waals surface area contributed by atoms with Crippen molar-refractivity contribution < 1.29 is 57.4 Å². The van der Waals surface area contributed by atoms with E-state index in [2.05, 4.69) is 9.97 Å². The zero-order chi connectivity index (χ0) is 24.1. The molecule has 1 heterocycles. The quantitative estimate of drug-likeness (QED) is 0.352. The van der Waals surface area contributed by atoms with Gasteiger partial charge in [0.15, 0.2) is 0 Å². The first kappa shape index (κ1) is 28.9. The monoisotopic (exact) mass is 485 g/mol. The Labute approximate surface area is 215 Å². The summed E-state index contributed by atoms with van der Waals surface area (Å²) < 4.78 is 38.5. The van der Waals surface area contributed by atoms with Gasteiger partial charge in [0.25, 0.3) is 0 Å². The molecule has 8 nitrogen and oxygen atoms in total. The van der Waals surface area contributed by atoms with Gasteiger partial charge in [-0.05, 0) is 42.7 Å². The Balaban J connectivity index is 0.00000544. The van der Waals surface area contributed by atoms with Crippen molar-refractivity contribution in [1.29, 1.82) is 0 Å². The number of halogens is 1. The molecule has 33 heavy (non-hydrogen) atoms. The molecule has 2 aromatic rings. The van der Waals surface area contributed by atoms with Gasteiger partial charge in [-0.15, -0.1) is 0 Å². The van der Waals surface area contributed by atoms with Gasteiger partial charge in [0.2, 0.25) is 16.0 Å². The minimum absolute atomic E-state index is 0. The molecule has 0 aliphatic carbocycles. The van der Waals surface area contributed by atoms with Crippen molar-refractivity contribution in [1.82, 2.24) is 9.97 Å². The number of nitrogens with zero attached hydrogens (tertiary/aromatic N) is 3. The number of anilines is 1. The molecule has 1 aromatic heterocycles. The molecule has 0 saturated carbocycles. The van der Waals surface area contributed by atoms with Crippen LogP contribution in [0, 0.1) is 5.82 Å². The predicted octanol–water partition coefficient (Wildman–Crippen LogP) is -1.12. The molecule has 0 aliphatic heterocycles. The SMILES string of the molecule is CC(C)c1nc(N(C)S(C)(=O)=O)nc(-c2ccc(F)cc2)c1/C=C/[C@@H](O)C/C=C\C(=O)[O-].[Na+]. The average molecular weight is 486 g/mol. The molecule has 2 rings (SSSR count). The van der Waals surface area contributed by atoms with Crippen molar-refractivity contribution >= 4 is 28.0 Å². The minimum atomic E-state index is -3.63. The average Bonchev–Trinajstić information content (AvgIpc) is 2.70. The molecule has 1 N–H and O–H groups in total. The van der Waals surface area contributed by atoms with Gasteiger partial charge in [-0.1, -0.05) is 32.1 Å². The molecule has 1 atom stereocenters. The maximum absolute atomic E-state index is 13.5. The standard InChI is InChI=1S/C22H26FN3O5S.Na/c1-14(2)20-18(13-12-17(27)6-5-7-19(28)29)21(15-8-10-16(23)11-9-15)25-22(24-20)26(3)32(4,30)31;/h5,7-14,17,27H,6H2,1-4H3,(H,28,29);/q;+1/p-1/b7-5-,13-12+;/t17-;/m0./s1. The summed E-state index contributed by atoms with van der Waals surface area (Å²) >= 11 is 0. The number of hydrogen-bond donors (Lipinski definition) is 1. The largest absolute Gasteiger partial charge is 1.00 e. The number of carbonyl (C=O) groups excluding carboxylic acids is 1. The summed E-state index contributed by atoms with van der Waals surface area (Å²) in [6.45, 7) is 3.74. The van der Waals surface area contributed by atoms with E-state index in [1.54, 1.807) is 6.08 Å². The molecule has 0 fully saturated rings. The van der Waals surface area contributed by atoms with Crippen molar-refractivity contribution in [3.63, 3.8) is 0 Å². The van der Waals surface area contributed by atoms with Gasteiger partial charge in [-0.25, -0.2) is 27.1 Å². The van der Waals surface area contributed by atoms with E-state index < -0.39 is 27.9 Å². The smallest absolute Gasteiger partial charge is 0.545 e. The zero-order valence-corrected chi connectivity index (χ0v) is 22.0. The van der Waals surface area contributed by atoms with E-state index in [1.807, 2.05) is 13.8 Å². The predicted molar refractivity (Wildman–Crippen MR) is 119 cm³/mol. The first-order valence-electron chi connectivity index (χ1n) is 9.75. The number of sulfonamides is 1. The summed E-state index contributed by atoms with van der Waals surface area (Å²) in [7, 11) is -2.29. The summed E-state index contributed by atoms with van der Waals surface area (Å²) in [5.74, 6) is -1.97. The van der Waals surface area contributed by atoms with E-state index in [-0.39, 0.29) is 47.8 Å². The number of carboxylic acid groups (broad SMARTS) is 1. The van der Waals surface area contributed by atoms with Crippen LogP contribution in [-0.2, 0) is 14.8 Å². The first-order valence-corrected chi connectivity index (χ1v) is 11.6. The van der Waals surface area contributed by atoms with Gasteiger partial charge in [0, 0.05) is 18.2 Å². The number of aliphatic hydroxyl groups excluding tert-OH is 1. The molecular formula is C22H25FN3NaO5S. The Hall–Kier alpha value is -2.11. The number of carbonyl (C=O) groups is 1. The Morgan fingerprint density at radius 1 is 1.24 bits per heavy atom. The number of hydrogen-bond acceptors (Lipinski definition) is 7. The van der Waals surface area contributed by atoms with Crippen LogP contribution >= 0.6 is 0 Å². The number of aromatic nitrogens is 2.